The Labute approximate surface area is 250 Å². The third-order valence-corrected chi connectivity index (χ3v) is 10.5. The molecule has 0 aromatic heterocycles. The smallest absolute Gasteiger partial charge is 0.315 e. The first-order chi connectivity index (χ1) is 19.4. The Morgan fingerprint density at radius 3 is 2.61 bits per heavy atom. The maximum atomic E-state index is 12.3. The van der Waals surface area contributed by atoms with Crippen LogP contribution in [-0.2, 0) is 4.79 Å². The molecule has 0 bridgehead atoms. The zero-order valence-electron chi connectivity index (χ0n) is 25.1. The van der Waals surface area contributed by atoms with Gasteiger partial charge in [0.05, 0.1) is 5.60 Å². The fourth-order valence-corrected chi connectivity index (χ4v) is 8.45. The van der Waals surface area contributed by atoms with Crippen LogP contribution in [0.4, 0.5) is 4.79 Å². The zero-order valence-corrected chi connectivity index (χ0v) is 25.9. The minimum Gasteiger partial charge on any atom is -0.389 e. The van der Waals surface area contributed by atoms with E-state index in [0.29, 0.717) is 24.8 Å². The van der Waals surface area contributed by atoms with Gasteiger partial charge in [-0.05, 0) is 118 Å². The zero-order chi connectivity index (χ0) is 29.4. The van der Waals surface area contributed by atoms with Crippen LogP contribution in [0.1, 0.15) is 103 Å². The van der Waals surface area contributed by atoms with Crippen molar-refractivity contribution in [2.45, 2.75) is 103 Å². The number of benzene rings is 1. The molecular formula is C35H46N2O3S. The van der Waals surface area contributed by atoms with E-state index in [-0.39, 0.29) is 28.7 Å². The Balaban J connectivity index is 1.42. The molecule has 2 saturated carbocycles. The van der Waals surface area contributed by atoms with Gasteiger partial charge in [0.1, 0.15) is 0 Å². The molecule has 1 aromatic rings. The molecule has 41 heavy (non-hydrogen) atoms. The molecule has 5 nitrogen and oxygen atoms in total. The summed E-state index contributed by atoms with van der Waals surface area (Å²) in [5.41, 5.74) is 5.49. The van der Waals surface area contributed by atoms with Crippen LogP contribution in [0.25, 0.3) is 6.08 Å². The van der Waals surface area contributed by atoms with E-state index < -0.39 is 5.60 Å². The van der Waals surface area contributed by atoms with Gasteiger partial charge in [-0.3, -0.25) is 4.79 Å². The number of urea groups is 1. The van der Waals surface area contributed by atoms with Gasteiger partial charge in [0.2, 0.25) is 0 Å². The van der Waals surface area contributed by atoms with Crippen LogP contribution in [0, 0.1) is 17.3 Å². The molecular weight excluding hydrogens is 528 g/mol. The number of aliphatic hydroxyl groups is 1. The van der Waals surface area contributed by atoms with Gasteiger partial charge in [-0.2, -0.15) is 0 Å². The molecule has 2 fully saturated rings. The molecule has 0 saturated heterocycles. The number of carbonyl (C=O) groups excluding carboxylic acids is 2. The number of hydrogen-bond acceptors (Lipinski definition) is 4. The Morgan fingerprint density at radius 1 is 1.15 bits per heavy atom. The van der Waals surface area contributed by atoms with Crippen LogP contribution in [0.2, 0.25) is 0 Å². The number of amides is 2. The SMILES string of the molecule is CC(C)(C)NC(=O)NCC=Cc1ccc(C2CC3(C)C(CCC3(O)CCC=S)C3CCC4=CC(=O)CCC4=C23)cc1. The Morgan fingerprint density at radius 2 is 1.90 bits per heavy atom. The van der Waals surface area contributed by atoms with Crippen molar-refractivity contribution in [3.63, 3.8) is 0 Å². The second kappa shape index (κ2) is 11.6. The molecule has 6 heteroatoms. The molecule has 0 spiro atoms. The fraction of sp³-hybridized carbons (Fsp3) is 0.571. The minimum atomic E-state index is -0.699. The highest BCUT2D eigenvalue weighted by Crippen LogP contribution is 2.67. The Bertz CT molecular complexity index is 1290. The van der Waals surface area contributed by atoms with E-state index in [1.165, 1.54) is 16.7 Å². The quantitative estimate of drug-likeness (QED) is 0.301. The molecule has 2 amide bonds. The van der Waals surface area contributed by atoms with Crippen LogP contribution in [0.5, 0.6) is 0 Å². The monoisotopic (exact) mass is 574 g/mol. The number of rotatable bonds is 7. The summed E-state index contributed by atoms with van der Waals surface area (Å²) in [7, 11) is 0. The molecule has 4 aliphatic rings. The van der Waals surface area contributed by atoms with Crippen molar-refractivity contribution in [3.8, 4) is 0 Å². The van der Waals surface area contributed by atoms with E-state index >= 15 is 0 Å². The summed E-state index contributed by atoms with van der Waals surface area (Å²) in [6.07, 6.45) is 13.7. The van der Waals surface area contributed by atoms with Gasteiger partial charge in [-0.25, -0.2) is 4.79 Å². The lowest BCUT2D eigenvalue weighted by atomic mass is 9.51. The fourth-order valence-electron chi connectivity index (χ4n) is 8.33. The van der Waals surface area contributed by atoms with Crippen molar-refractivity contribution >= 4 is 35.5 Å². The maximum absolute atomic E-state index is 12.3. The molecule has 220 valence electrons. The summed E-state index contributed by atoms with van der Waals surface area (Å²) >= 11 is 5.16. The number of nitrogens with one attached hydrogen (secondary N) is 2. The topological polar surface area (TPSA) is 78.4 Å². The third-order valence-electron chi connectivity index (χ3n) is 10.3. The summed E-state index contributed by atoms with van der Waals surface area (Å²) in [5, 5.41) is 19.6. The van der Waals surface area contributed by atoms with Gasteiger partial charge in [0.25, 0.3) is 0 Å². The second-order valence-electron chi connectivity index (χ2n) is 13.9. The average molecular weight is 575 g/mol. The lowest BCUT2D eigenvalue weighted by Gasteiger charge is -2.55. The van der Waals surface area contributed by atoms with Crippen LogP contribution >= 0.6 is 12.2 Å². The summed E-state index contributed by atoms with van der Waals surface area (Å²) in [6, 6.07) is 8.64. The van der Waals surface area contributed by atoms with Crippen LogP contribution in [0.3, 0.4) is 0 Å². The van der Waals surface area contributed by atoms with Crippen molar-refractivity contribution in [1.29, 1.82) is 0 Å². The normalized spacial score (nSPS) is 31.3. The molecule has 3 N–H and O–H groups in total. The van der Waals surface area contributed by atoms with Crippen LogP contribution < -0.4 is 10.6 Å². The van der Waals surface area contributed by atoms with Crippen molar-refractivity contribution in [2.75, 3.05) is 6.54 Å². The second-order valence-corrected chi connectivity index (χ2v) is 14.3. The van der Waals surface area contributed by atoms with Crippen LogP contribution in [0.15, 0.2) is 53.1 Å². The van der Waals surface area contributed by atoms with Gasteiger partial charge in [0, 0.05) is 29.8 Å². The highest BCUT2D eigenvalue weighted by molar-refractivity contribution is 7.78. The maximum Gasteiger partial charge on any atom is 0.315 e. The number of carbonyl (C=O) groups is 2. The standard InChI is InChI=1S/C35H46N2O3S/c1-33(2,3)37-32(39)36-19-5-7-23-8-10-24(11-9-23)29-22-34(4)30(16-18-35(34,40)17-6-20-41)28-14-12-25-21-26(38)13-15-27(25)31(28)29/h5,7-11,20-21,28-30,40H,6,12-19,22H2,1-4H3,(H2,36,37,39). The first kappa shape index (κ1) is 29.9. The predicted octanol–water partition coefficient (Wildman–Crippen LogP) is 7.21. The third kappa shape index (κ3) is 6.01. The lowest BCUT2D eigenvalue weighted by Crippen LogP contribution is -2.51. The van der Waals surface area contributed by atoms with Crippen molar-refractivity contribution in [1.82, 2.24) is 10.6 Å². The van der Waals surface area contributed by atoms with Crippen molar-refractivity contribution < 1.29 is 14.7 Å². The summed E-state index contributed by atoms with van der Waals surface area (Å²) in [5.74, 6) is 1.40. The van der Waals surface area contributed by atoms with E-state index in [4.69, 9.17) is 12.2 Å². The van der Waals surface area contributed by atoms with E-state index in [0.717, 1.165) is 56.9 Å². The molecule has 1 aromatic carbocycles. The molecule has 5 unspecified atom stereocenters. The molecule has 5 atom stereocenters. The van der Waals surface area contributed by atoms with Gasteiger partial charge in [-0.1, -0.05) is 61.1 Å². The molecule has 0 radical (unpaired) electrons. The highest BCUT2D eigenvalue weighted by Gasteiger charge is 2.62. The predicted molar refractivity (Wildman–Crippen MR) is 170 cm³/mol. The lowest BCUT2D eigenvalue weighted by molar-refractivity contribution is -0.114. The number of ketones is 1. The molecule has 0 heterocycles. The van der Waals surface area contributed by atoms with Crippen molar-refractivity contribution in [3.05, 3.63) is 64.3 Å². The average Bonchev–Trinajstić information content (AvgIpc) is 3.18. The van der Waals surface area contributed by atoms with Gasteiger partial charge < -0.3 is 15.7 Å². The molecule has 5 rings (SSSR count). The van der Waals surface area contributed by atoms with E-state index in [9.17, 15) is 14.7 Å². The minimum absolute atomic E-state index is 0.172. The summed E-state index contributed by atoms with van der Waals surface area (Å²) in [6.45, 7) is 8.68. The first-order valence-corrected chi connectivity index (χ1v) is 15.9. The largest absolute Gasteiger partial charge is 0.389 e. The summed E-state index contributed by atoms with van der Waals surface area (Å²) in [4.78, 5) is 24.3. The number of allylic oxidation sites excluding steroid dienone is 4. The summed E-state index contributed by atoms with van der Waals surface area (Å²) < 4.78 is 0. The van der Waals surface area contributed by atoms with Crippen molar-refractivity contribution in [2.24, 2.45) is 17.3 Å². The number of fused-ring (bicyclic) bond motifs is 4. The van der Waals surface area contributed by atoms with Crippen LogP contribution in [-0.4, -0.2) is 40.0 Å². The highest BCUT2D eigenvalue weighted by atomic mass is 32.1. The molecule has 0 aliphatic heterocycles. The number of thiocarbonyl (C=S) groups is 1. The Kier molecular flexibility index (Phi) is 8.46. The first-order valence-electron chi connectivity index (χ1n) is 15.4. The van der Waals surface area contributed by atoms with E-state index in [1.54, 1.807) is 10.9 Å². The van der Waals surface area contributed by atoms with Gasteiger partial charge in [0.15, 0.2) is 5.78 Å². The van der Waals surface area contributed by atoms with Gasteiger partial charge in [-0.15, -0.1) is 0 Å². The Hall–Kier alpha value is -2.57. The molecule has 4 aliphatic carbocycles. The van der Waals surface area contributed by atoms with E-state index in [2.05, 4.69) is 41.8 Å². The number of hydrogen-bond donors (Lipinski definition) is 3. The van der Waals surface area contributed by atoms with E-state index in [1.807, 2.05) is 39.0 Å². The van der Waals surface area contributed by atoms with Gasteiger partial charge >= 0.3 is 6.03 Å².